The minimum Gasteiger partial charge on any atom is -0.465 e. The summed E-state index contributed by atoms with van der Waals surface area (Å²) in [5.74, 6) is -0.504. The molecule has 0 radical (unpaired) electrons. The van der Waals surface area contributed by atoms with Gasteiger partial charge < -0.3 is 25.4 Å². The molecule has 15 heteroatoms. The van der Waals surface area contributed by atoms with Gasteiger partial charge in [-0.05, 0) is 86.4 Å². The number of carbonyl (C=O) groups excluding carboxylic acids is 1. The molecule has 1 aliphatic heterocycles. The highest BCUT2D eigenvalue weighted by Crippen LogP contribution is 2.38. The quantitative estimate of drug-likeness (QED) is 0.0714. The van der Waals surface area contributed by atoms with E-state index in [2.05, 4.69) is 34.7 Å². The Hall–Kier alpha value is -3.72. The Morgan fingerprint density at radius 2 is 1.73 bits per heavy atom. The minimum atomic E-state index is -4.97. The van der Waals surface area contributed by atoms with Crippen LogP contribution in [0.25, 0.3) is 0 Å². The summed E-state index contributed by atoms with van der Waals surface area (Å²) in [6.07, 6.45) is -5.56. The second kappa shape index (κ2) is 19.9. The number of hydrogen-bond donors (Lipinski definition) is 4. The van der Waals surface area contributed by atoms with E-state index in [9.17, 15) is 31.1 Å². The number of rotatable bonds is 9. The first kappa shape index (κ1) is 42.3. The Kier molecular flexibility index (Phi) is 17.6. The third-order valence-corrected chi connectivity index (χ3v) is 7.49. The van der Waals surface area contributed by atoms with Crippen molar-refractivity contribution >= 4 is 18.1 Å². The van der Waals surface area contributed by atoms with Crippen LogP contribution < -0.4 is 10.6 Å². The van der Waals surface area contributed by atoms with E-state index >= 15 is 0 Å². The molecule has 0 spiro atoms. The Morgan fingerprint density at radius 1 is 1.15 bits per heavy atom. The van der Waals surface area contributed by atoms with Crippen molar-refractivity contribution in [3.05, 3.63) is 63.7 Å². The number of benzene rings is 2. The maximum Gasteiger partial charge on any atom is 0.416 e. The molecule has 1 unspecified atom stereocenters. The molecule has 0 fully saturated rings. The molecule has 0 aromatic heterocycles. The van der Waals surface area contributed by atoms with Gasteiger partial charge in [0.25, 0.3) is 6.47 Å². The summed E-state index contributed by atoms with van der Waals surface area (Å²) >= 11 is 0. The molecule has 2 aromatic carbocycles. The van der Waals surface area contributed by atoms with Crippen LogP contribution in [0, 0.1) is 10.9 Å². The summed E-state index contributed by atoms with van der Waals surface area (Å²) in [4.78, 5) is 13.0. The third-order valence-electron chi connectivity index (χ3n) is 7.49. The lowest BCUT2D eigenvalue weighted by molar-refractivity contribution is -0.143. The fourth-order valence-corrected chi connectivity index (χ4v) is 5.38. The number of alkyl halides is 6. The Bertz CT molecular complexity index is 1290. The zero-order chi connectivity index (χ0) is 36.7. The number of nitrogens with zero attached hydrogens (tertiary/aromatic N) is 3. The first-order valence-electron chi connectivity index (χ1n) is 15.7. The summed E-state index contributed by atoms with van der Waals surface area (Å²) in [7, 11) is 2.03. The topological polar surface area (TPSA) is 139 Å². The molecule has 1 atom stereocenters. The number of ether oxygens (including phenoxy) is 1. The van der Waals surface area contributed by atoms with E-state index in [1.807, 2.05) is 13.1 Å². The van der Waals surface area contributed by atoms with Crippen molar-refractivity contribution in [2.75, 3.05) is 31.6 Å². The molecule has 0 saturated heterocycles. The highest BCUT2D eigenvalue weighted by molar-refractivity contribution is 5.77. The standard InChI is InChI=1S/C27H33F6N5.C4H8O2.C2H7NO/c1-4-7-23-18(5-2)9-10-19-14-22(8-6-11-37(3)24(19)23)38(25(34)36-35)16-17-12-20(26(28,29)30)15-21(13-17)27(31,32)33;1-4(2)6-3-5;3-1-2-4/h9-10,12-13,15,22,34-35H,4-8,11,14,16H2,1-3H3;3-4H,1-2H3;4H,1-3H2. The molecule has 1 heterocycles. The number of nitrogens with two attached hydrogens (primary N) is 1. The van der Waals surface area contributed by atoms with Crippen molar-refractivity contribution in [1.29, 1.82) is 10.9 Å². The van der Waals surface area contributed by atoms with Gasteiger partial charge in [-0.15, -0.1) is 5.11 Å². The van der Waals surface area contributed by atoms with E-state index in [-0.39, 0.29) is 24.3 Å². The van der Waals surface area contributed by atoms with Crippen molar-refractivity contribution in [3.8, 4) is 0 Å². The lowest BCUT2D eigenvalue weighted by Gasteiger charge is -2.37. The highest BCUT2D eigenvalue weighted by atomic mass is 19.4. The lowest BCUT2D eigenvalue weighted by atomic mass is 9.89. The summed E-state index contributed by atoms with van der Waals surface area (Å²) in [6, 6.07) is 5.11. The van der Waals surface area contributed by atoms with Gasteiger partial charge in [0.1, 0.15) is 0 Å². The molecule has 1 aliphatic rings. The van der Waals surface area contributed by atoms with Crippen LogP contribution in [0.4, 0.5) is 32.0 Å². The molecule has 5 N–H and O–H groups in total. The van der Waals surface area contributed by atoms with E-state index in [0.717, 1.165) is 30.5 Å². The molecule has 9 nitrogen and oxygen atoms in total. The van der Waals surface area contributed by atoms with Crippen LogP contribution >= 0.6 is 0 Å². The number of hydrogen-bond acceptors (Lipinski definition) is 7. The van der Waals surface area contributed by atoms with Crippen molar-refractivity contribution < 1.29 is 41.0 Å². The first-order valence-corrected chi connectivity index (χ1v) is 15.7. The van der Waals surface area contributed by atoms with Crippen molar-refractivity contribution in [2.24, 2.45) is 10.8 Å². The smallest absolute Gasteiger partial charge is 0.416 e. The molecule has 270 valence electrons. The predicted molar refractivity (Wildman–Crippen MR) is 173 cm³/mol. The second-order valence-corrected chi connectivity index (χ2v) is 11.5. The van der Waals surface area contributed by atoms with Crippen LogP contribution in [0.5, 0.6) is 0 Å². The van der Waals surface area contributed by atoms with E-state index in [1.54, 1.807) is 13.8 Å². The molecular formula is C33H48F6N6O3. The second-order valence-electron chi connectivity index (χ2n) is 11.5. The number of fused-ring (bicyclic) bond motifs is 1. The zero-order valence-electron chi connectivity index (χ0n) is 28.1. The average Bonchev–Trinajstić information content (AvgIpc) is 3.01. The van der Waals surface area contributed by atoms with Crippen LogP contribution in [-0.4, -0.2) is 61.3 Å². The van der Waals surface area contributed by atoms with Gasteiger partial charge in [-0.1, -0.05) is 32.4 Å². The van der Waals surface area contributed by atoms with Gasteiger partial charge in [-0.3, -0.25) is 10.2 Å². The molecule has 48 heavy (non-hydrogen) atoms. The van der Waals surface area contributed by atoms with Gasteiger partial charge >= 0.3 is 12.4 Å². The van der Waals surface area contributed by atoms with Gasteiger partial charge in [0.15, 0.2) is 0 Å². The molecule has 3 rings (SSSR count). The Labute approximate surface area is 278 Å². The van der Waals surface area contributed by atoms with Crippen molar-refractivity contribution in [2.45, 2.75) is 97.3 Å². The van der Waals surface area contributed by atoms with Gasteiger partial charge in [0.2, 0.25) is 5.96 Å². The largest absolute Gasteiger partial charge is 0.465 e. The maximum atomic E-state index is 13.4. The maximum absolute atomic E-state index is 13.4. The van der Waals surface area contributed by atoms with Gasteiger partial charge in [-0.2, -0.15) is 26.3 Å². The monoisotopic (exact) mass is 690 g/mol. The van der Waals surface area contributed by atoms with Crippen LogP contribution in [0.1, 0.15) is 80.3 Å². The fourth-order valence-electron chi connectivity index (χ4n) is 5.38. The fraction of sp³-hybridized carbons (Fsp3) is 0.576. The normalized spacial score (nSPS) is 14.7. The highest BCUT2D eigenvalue weighted by Gasteiger charge is 2.37. The van der Waals surface area contributed by atoms with Crippen LogP contribution in [0.2, 0.25) is 0 Å². The predicted octanol–water partition coefficient (Wildman–Crippen LogP) is 7.35. The van der Waals surface area contributed by atoms with Gasteiger partial charge in [-0.25, -0.2) is 5.53 Å². The molecular weight excluding hydrogens is 642 g/mol. The minimum absolute atomic E-state index is 0.0301. The molecule has 2 aromatic rings. The van der Waals surface area contributed by atoms with Gasteiger partial charge in [0.05, 0.1) is 23.8 Å². The summed E-state index contributed by atoms with van der Waals surface area (Å²) < 4.78 is 85.0. The van der Waals surface area contributed by atoms with E-state index < -0.39 is 42.0 Å². The molecule has 0 saturated carbocycles. The number of aliphatic hydroxyl groups is 1. The number of carbonyl (C=O) groups is 1. The number of guanidine groups is 1. The summed E-state index contributed by atoms with van der Waals surface area (Å²) in [6.45, 7) is 9.02. The molecule has 0 amide bonds. The van der Waals surface area contributed by atoms with Crippen LogP contribution in [-0.2, 0) is 47.7 Å². The number of aryl methyl sites for hydroxylation is 1. The van der Waals surface area contributed by atoms with E-state index in [4.69, 9.17) is 21.8 Å². The van der Waals surface area contributed by atoms with Crippen LogP contribution in [0.15, 0.2) is 35.4 Å². The van der Waals surface area contributed by atoms with Crippen molar-refractivity contribution in [1.82, 2.24) is 4.90 Å². The number of aliphatic hydroxyl groups excluding tert-OH is 1. The zero-order valence-corrected chi connectivity index (χ0v) is 28.1. The molecule has 0 aliphatic carbocycles. The average molecular weight is 691 g/mol. The Balaban J connectivity index is 0.00000100. The van der Waals surface area contributed by atoms with Gasteiger partial charge in [0, 0.05) is 38.4 Å². The van der Waals surface area contributed by atoms with Crippen molar-refractivity contribution in [3.63, 3.8) is 0 Å². The first-order chi connectivity index (χ1) is 22.5. The SMILES string of the molecule is CC(C)OC=O.CCCc1c(CC)ccc2c1N(C)CCCC(N(Cc1cc(C(F)(F)F)cc(C(F)(F)F)c1)C(=N)N=N)C2.NCCO. The number of halogens is 6. The number of nitrogens with one attached hydrogen (secondary N) is 2. The van der Waals surface area contributed by atoms with E-state index in [0.29, 0.717) is 51.0 Å². The summed E-state index contributed by atoms with van der Waals surface area (Å²) in [5, 5.41) is 19.2. The summed E-state index contributed by atoms with van der Waals surface area (Å²) in [5.41, 5.74) is 13.7. The van der Waals surface area contributed by atoms with Crippen LogP contribution in [0.3, 0.4) is 0 Å². The molecule has 0 bridgehead atoms. The lowest BCUT2D eigenvalue weighted by Crippen LogP contribution is -2.42. The third kappa shape index (κ3) is 13.1. The Morgan fingerprint density at radius 3 is 2.15 bits per heavy atom. The van der Waals surface area contributed by atoms with E-state index in [1.165, 1.54) is 16.0 Å². The number of anilines is 1.